The summed E-state index contributed by atoms with van der Waals surface area (Å²) in [5, 5.41) is 19.5. The molecular weight excluding hydrogens is 368 g/mol. The molecule has 27 heavy (non-hydrogen) atoms. The third-order valence-corrected chi connectivity index (χ3v) is 4.61. The fraction of sp³-hybridized carbons (Fsp3) is 0.118. The minimum atomic E-state index is -0.650. The molecule has 1 aromatic carbocycles. The van der Waals surface area contributed by atoms with Gasteiger partial charge >= 0.3 is 0 Å². The number of nitrogens with one attached hydrogen (secondary N) is 1. The number of amides is 1. The second-order valence-corrected chi connectivity index (χ2v) is 6.58. The number of oxazole rings is 1. The predicted octanol–water partition coefficient (Wildman–Crippen LogP) is 2.23. The largest absolute Gasteiger partial charge is 0.438 e. The summed E-state index contributed by atoms with van der Waals surface area (Å²) in [6.45, 7) is 0. The average Bonchev–Trinajstić information content (AvgIpc) is 3.44. The number of fused-ring (bicyclic) bond motifs is 1. The number of para-hydroxylation sites is 2. The summed E-state index contributed by atoms with van der Waals surface area (Å²) in [6.07, 6.45) is 6.56. The standard InChI is InChI=1S/C17H14N6O3S/c24-15(21-25)6-5-11-10-23(22-20-11)13(9-16-18-7-8-27-16)17-19-12-3-1-2-4-14(12)26-17/h1-8,10,13,25H,9H2,(H,21,24). The number of hydrogen-bond donors (Lipinski definition) is 2. The predicted molar refractivity (Wildman–Crippen MR) is 97.0 cm³/mol. The highest BCUT2D eigenvalue weighted by Gasteiger charge is 2.23. The van der Waals surface area contributed by atoms with Crippen molar-refractivity contribution in [1.82, 2.24) is 30.4 Å². The molecule has 4 rings (SSSR count). The molecule has 4 aromatic rings. The van der Waals surface area contributed by atoms with Crippen molar-refractivity contribution in [3.63, 3.8) is 0 Å². The van der Waals surface area contributed by atoms with Gasteiger partial charge in [-0.05, 0) is 18.2 Å². The lowest BCUT2D eigenvalue weighted by atomic mass is 10.2. The van der Waals surface area contributed by atoms with Crippen molar-refractivity contribution in [1.29, 1.82) is 0 Å². The van der Waals surface area contributed by atoms with E-state index in [1.54, 1.807) is 17.1 Å². The summed E-state index contributed by atoms with van der Waals surface area (Å²) in [7, 11) is 0. The maximum Gasteiger partial charge on any atom is 0.267 e. The van der Waals surface area contributed by atoms with Crippen LogP contribution in [-0.2, 0) is 11.2 Å². The highest BCUT2D eigenvalue weighted by atomic mass is 32.1. The fourth-order valence-corrected chi connectivity index (χ4v) is 3.22. The fourth-order valence-electron chi connectivity index (χ4n) is 2.56. The molecule has 9 nitrogen and oxygen atoms in total. The van der Waals surface area contributed by atoms with E-state index in [-0.39, 0.29) is 6.04 Å². The van der Waals surface area contributed by atoms with E-state index in [9.17, 15) is 4.79 Å². The van der Waals surface area contributed by atoms with E-state index in [1.807, 2.05) is 29.6 Å². The Bertz CT molecular complexity index is 1050. The molecule has 1 unspecified atom stereocenters. The van der Waals surface area contributed by atoms with Crippen LogP contribution in [0.15, 0.2) is 52.5 Å². The SMILES string of the molecule is O=C(C=Cc1cn(C(Cc2nccs2)c2nc3ccccc3o2)nn1)NO. The Kier molecular flexibility index (Phi) is 4.73. The first-order chi connectivity index (χ1) is 13.2. The molecule has 0 saturated heterocycles. The highest BCUT2D eigenvalue weighted by Crippen LogP contribution is 2.26. The van der Waals surface area contributed by atoms with Crippen molar-refractivity contribution in [2.24, 2.45) is 0 Å². The lowest BCUT2D eigenvalue weighted by Gasteiger charge is -2.11. The Morgan fingerprint density at radius 1 is 1.41 bits per heavy atom. The maximum absolute atomic E-state index is 11.1. The highest BCUT2D eigenvalue weighted by molar-refractivity contribution is 7.09. The van der Waals surface area contributed by atoms with Crippen LogP contribution in [0.4, 0.5) is 0 Å². The number of hydrogen-bond acceptors (Lipinski definition) is 8. The molecule has 10 heteroatoms. The first-order valence-corrected chi connectivity index (χ1v) is 8.89. The van der Waals surface area contributed by atoms with Gasteiger partial charge in [-0.3, -0.25) is 10.0 Å². The summed E-state index contributed by atoms with van der Waals surface area (Å²) in [6, 6.07) is 7.18. The second kappa shape index (κ2) is 7.48. The third-order valence-electron chi connectivity index (χ3n) is 3.81. The molecule has 0 saturated carbocycles. The van der Waals surface area contributed by atoms with Crippen molar-refractivity contribution < 1.29 is 14.4 Å². The van der Waals surface area contributed by atoms with Gasteiger partial charge < -0.3 is 4.42 Å². The third kappa shape index (κ3) is 3.76. The molecule has 0 radical (unpaired) electrons. The summed E-state index contributed by atoms with van der Waals surface area (Å²) in [4.78, 5) is 20.0. The number of hydroxylamine groups is 1. The van der Waals surface area contributed by atoms with E-state index in [0.717, 1.165) is 16.6 Å². The Hall–Kier alpha value is -3.37. The van der Waals surface area contributed by atoms with E-state index in [2.05, 4.69) is 20.3 Å². The van der Waals surface area contributed by atoms with Gasteiger partial charge in [-0.25, -0.2) is 20.1 Å². The average molecular weight is 382 g/mol. The molecule has 1 amide bonds. The van der Waals surface area contributed by atoms with Crippen LogP contribution in [0, 0.1) is 0 Å². The molecule has 0 fully saturated rings. The van der Waals surface area contributed by atoms with Gasteiger partial charge in [-0.15, -0.1) is 16.4 Å². The zero-order valence-electron chi connectivity index (χ0n) is 13.9. The van der Waals surface area contributed by atoms with E-state index in [4.69, 9.17) is 9.62 Å². The summed E-state index contributed by atoms with van der Waals surface area (Å²) < 4.78 is 7.55. The normalized spacial score (nSPS) is 12.6. The number of carbonyl (C=O) groups is 1. The Balaban J connectivity index is 1.69. The van der Waals surface area contributed by atoms with E-state index in [0.29, 0.717) is 23.6 Å². The van der Waals surface area contributed by atoms with Crippen LogP contribution >= 0.6 is 11.3 Å². The van der Waals surface area contributed by atoms with Gasteiger partial charge in [0.25, 0.3) is 5.91 Å². The molecule has 0 spiro atoms. The van der Waals surface area contributed by atoms with Crippen molar-refractivity contribution in [3.8, 4) is 0 Å². The molecule has 3 heterocycles. The van der Waals surface area contributed by atoms with E-state index < -0.39 is 5.91 Å². The lowest BCUT2D eigenvalue weighted by Crippen LogP contribution is -2.15. The first-order valence-electron chi connectivity index (χ1n) is 8.01. The van der Waals surface area contributed by atoms with Crippen molar-refractivity contribution in [2.45, 2.75) is 12.5 Å². The molecule has 1 atom stereocenters. The second-order valence-electron chi connectivity index (χ2n) is 5.60. The molecule has 0 aliphatic carbocycles. The van der Waals surface area contributed by atoms with Gasteiger partial charge in [0.05, 0.1) is 11.2 Å². The van der Waals surface area contributed by atoms with Gasteiger partial charge in [0.2, 0.25) is 5.89 Å². The van der Waals surface area contributed by atoms with Gasteiger partial charge in [0.15, 0.2) is 5.58 Å². The van der Waals surface area contributed by atoms with Crippen molar-refractivity contribution in [3.05, 3.63) is 64.7 Å². The zero-order valence-corrected chi connectivity index (χ0v) is 14.7. The number of carbonyl (C=O) groups excluding carboxylic acids is 1. The number of benzene rings is 1. The van der Waals surface area contributed by atoms with Crippen LogP contribution in [0.3, 0.4) is 0 Å². The lowest BCUT2D eigenvalue weighted by molar-refractivity contribution is -0.124. The van der Waals surface area contributed by atoms with Gasteiger partial charge in [-0.2, -0.15) is 0 Å². The van der Waals surface area contributed by atoms with E-state index >= 15 is 0 Å². The number of thiazole rings is 1. The summed E-state index contributed by atoms with van der Waals surface area (Å²) >= 11 is 1.53. The van der Waals surface area contributed by atoms with Gasteiger partial charge in [-0.1, -0.05) is 17.3 Å². The van der Waals surface area contributed by atoms with Crippen molar-refractivity contribution in [2.75, 3.05) is 0 Å². The minimum Gasteiger partial charge on any atom is -0.438 e. The maximum atomic E-state index is 11.1. The number of nitrogens with zero attached hydrogens (tertiary/aromatic N) is 5. The number of rotatable bonds is 6. The molecule has 2 N–H and O–H groups in total. The van der Waals surface area contributed by atoms with Crippen LogP contribution in [0.25, 0.3) is 17.2 Å². The zero-order chi connectivity index (χ0) is 18.6. The molecule has 0 aliphatic heterocycles. The van der Waals surface area contributed by atoms with Crippen LogP contribution in [0.2, 0.25) is 0 Å². The quantitative estimate of drug-likeness (QED) is 0.298. The molecule has 0 aliphatic rings. The van der Waals surface area contributed by atoms with Crippen molar-refractivity contribution >= 4 is 34.4 Å². The van der Waals surface area contributed by atoms with Gasteiger partial charge in [0.1, 0.15) is 17.3 Å². The van der Waals surface area contributed by atoms with Crippen LogP contribution in [0.1, 0.15) is 22.6 Å². The Labute approximate surface area is 156 Å². The minimum absolute atomic E-state index is 0.343. The first kappa shape index (κ1) is 17.1. The summed E-state index contributed by atoms with van der Waals surface area (Å²) in [5.74, 6) is -0.150. The molecule has 3 aromatic heterocycles. The Morgan fingerprint density at radius 2 is 2.30 bits per heavy atom. The van der Waals surface area contributed by atoms with E-state index in [1.165, 1.54) is 22.9 Å². The van der Waals surface area contributed by atoms with Crippen LogP contribution < -0.4 is 5.48 Å². The smallest absolute Gasteiger partial charge is 0.267 e. The topological polar surface area (TPSA) is 119 Å². The van der Waals surface area contributed by atoms with Gasteiger partial charge in [0, 0.05) is 24.1 Å². The van der Waals surface area contributed by atoms with Crippen LogP contribution in [-0.4, -0.2) is 36.1 Å². The van der Waals surface area contributed by atoms with Crippen LogP contribution in [0.5, 0.6) is 0 Å². The number of aromatic nitrogens is 5. The Morgan fingerprint density at radius 3 is 3.07 bits per heavy atom. The molecule has 136 valence electrons. The summed E-state index contributed by atoms with van der Waals surface area (Å²) in [5.41, 5.74) is 3.43. The monoisotopic (exact) mass is 382 g/mol. The molecule has 0 bridgehead atoms. The molecular formula is C17H14N6O3S.